The van der Waals surface area contributed by atoms with Gasteiger partial charge < -0.3 is 20.1 Å². The number of rotatable bonds is 2. The Hall–Kier alpha value is -1.59. The quantitative estimate of drug-likeness (QED) is 0.890. The van der Waals surface area contributed by atoms with Crippen molar-refractivity contribution in [2.45, 2.75) is 38.7 Å². The summed E-state index contributed by atoms with van der Waals surface area (Å²) in [6, 6.07) is 6.20. The fourth-order valence-corrected chi connectivity index (χ4v) is 4.77. The molecule has 2 unspecified atom stereocenters. The summed E-state index contributed by atoms with van der Waals surface area (Å²) in [5.41, 5.74) is 8.64. The van der Waals surface area contributed by atoms with E-state index in [1.54, 1.807) is 0 Å². The molecule has 1 aromatic carbocycles. The van der Waals surface area contributed by atoms with E-state index in [1.165, 1.54) is 11.1 Å². The molecule has 2 fully saturated rings. The Morgan fingerprint density at radius 1 is 1.36 bits per heavy atom. The first kappa shape index (κ1) is 16.9. The summed E-state index contributed by atoms with van der Waals surface area (Å²) >= 11 is 0. The molecule has 1 aromatic rings. The van der Waals surface area contributed by atoms with E-state index >= 15 is 0 Å². The number of amides is 1. The van der Waals surface area contributed by atoms with E-state index in [1.807, 2.05) is 17.0 Å². The fourth-order valence-electron chi connectivity index (χ4n) is 4.77. The van der Waals surface area contributed by atoms with Gasteiger partial charge in [0.2, 0.25) is 0 Å². The maximum absolute atomic E-state index is 13.1. The predicted octanol–water partition coefficient (Wildman–Crippen LogP) is 1.90. The topological polar surface area (TPSA) is 64.8 Å². The highest BCUT2D eigenvalue weighted by molar-refractivity contribution is 5.82. The lowest BCUT2D eigenvalue weighted by Crippen LogP contribution is -2.44. The van der Waals surface area contributed by atoms with Crippen molar-refractivity contribution in [3.05, 3.63) is 29.3 Å². The minimum absolute atomic E-state index is 0.132. The van der Waals surface area contributed by atoms with Crippen LogP contribution in [0.1, 0.15) is 30.4 Å². The highest BCUT2D eigenvalue weighted by Gasteiger charge is 2.49. The number of aryl methyl sites for hydroxylation is 2. The van der Waals surface area contributed by atoms with E-state index in [4.69, 9.17) is 15.2 Å². The van der Waals surface area contributed by atoms with Gasteiger partial charge in [0.05, 0.1) is 0 Å². The average molecular weight is 344 g/mol. The van der Waals surface area contributed by atoms with Crippen LogP contribution in [0.3, 0.4) is 0 Å². The summed E-state index contributed by atoms with van der Waals surface area (Å²) < 4.78 is 11.6. The molecule has 5 nitrogen and oxygen atoms in total. The Morgan fingerprint density at radius 3 is 2.92 bits per heavy atom. The second kappa shape index (κ2) is 6.61. The van der Waals surface area contributed by atoms with Gasteiger partial charge in [-0.15, -0.1) is 0 Å². The summed E-state index contributed by atoms with van der Waals surface area (Å²) in [7, 11) is 0. The maximum atomic E-state index is 13.1. The number of carbonyl (C=O) groups excluding carboxylic acids is 1. The molecular weight excluding hydrogens is 316 g/mol. The van der Waals surface area contributed by atoms with Crippen molar-refractivity contribution >= 4 is 5.91 Å². The third kappa shape index (κ3) is 3.04. The number of nitrogens with zero attached hydrogens (tertiary/aromatic N) is 1. The highest BCUT2D eigenvalue weighted by atomic mass is 16.5. The first-order chi connectivity index (χ1) is 12.1. The summed E-state index contributed by atoms with van der Waals surface area (Å²) in [5.74, 6) is 1.37. The molecule has 3 aliphatic heterocycles. The molecule has 4 rings (SSSR count). The Kier molecular flexibility index (Phi) is 4.46. The number of hydrogen-bond acceptors (Lipinski definition) is 4. The second-order valence-corrected chi connectivity index (χ2v) is 7.88. The molecule has 0 aliphatic carbocycles. The number of carbonyl (C=O) groups is 1. The minimum atomic E-state index is -0.358. The lowest BCUT2D eigenvalue weighted by Gasteiger charge is -2.37. The molecule has 3 heterocycles. The van der Waals surface area contributed by atoms with Crippen LogP contribution in [0.15, 0.2) is 18.2 Å². The van der Waals surface area contributed by atoms with E-state index in [2.05, 4.69) is 13.0 Å². The minimum Gasteiger partial charge on any atom is -0.480 e. The molecule has 0 aromatic heterocycles. The van der Waals surface area contributed by atoms with Crippen LogP contribution in [0, 0.1) is 18.3 Å². The van der Waals surface area contributed by atoms with Crippen LogP contribution in [0.5, 0.6) is 5.75 Å². The normalized spacial score (nSPS) is 27.8. The lowest BCUT2D eigenvalue weighted by molar-refractivity contribution is -0.139. The molecule has 0 saturated carbocycles. The van der Waals surface area contributed by atoms with Crippen LogP contribution >= 0.6 is 0 Å². The Morgan fingerprint density at radius 2 is 2.16 bits per heavy atom. The van der Waals surface area contributed by atoms with Crippen LogP contribution in [-0.2, 0) is 16.0 Å². The summed E-state index contributed by atoms with van der Waals surface area (Å²) in [6.07, 6.45) is 3.32. The van der Waals surface area contributed by atoms with Crippen molar-refractivity contribution in [3.8, 4) is 5.75 Å². The van der Waals surface area contributed by atoms with E-state index in [0.717, 1.165) is 57.7 Å². The summed E-state index contributed by atoms with van der Waals surface area (Å²) in [4.78, 5) is 15.1. The molecule has 136 valence electrons. The number of fused-ring (bicyclic) bond motifs is 1. The van der Waals surface area contributed by atoms with Crippen molar-refractivity contribution in [2.24, 2.45) is 17.1 Å². The Bertz CT molecular complexity index is 654. The van der Waals surface area contributed by atoms with Gasteiger partial charge in [0, 0.05) is 26.3 Å². The zero-order valence-electron chi connectivity index (χ0n) is 15.0. The van der Waals surface area contributed by atoms with Gasteiger partial charge in [-0.3, -0.25) is 4.79 Å². The van der Waals surface area contributed by atoms with Gasteiger partial charge in [-0.05, 0) is 62.1 Å². The van der Waals surface area contributed by atoms with Crippen molar-refractivity contribution in [3.63, 3.8) is 0 Å². The largest absolute Gasteiger partial charge is 0.480 e. The molecule has 2 N–H and O–H groups in total. The number of likely N-dealkylation sites (tertiary alicyclic amines) is 1. The summed E-state index contributed by atoms with van der Waals surface area (Å²) in [6.45, 7) is 5.85. The van der Waals surface area contributed by atoms with E-state index in [9.17, 15) is 4.79 Å². The lowest BCUT2D eigenvalue weighted by atomic mass is 9.72. The van der Waals surface area contributed by atoms with E-state index < -0.39 is 0 Å². The molecule has 0 radical (unpaired) electrons. The molecule has 1 spiro atoms. The molecular formula is C20H28N2O3. The predicted molar refractivity (Wildman–Crippen MR) is 95.5 cm³/mol. The zero-order chi connectivity index (χ0) is 17.4. The molecule has 2 saturated heterocycles. The van der Waals surface area contributed by atoms with Gasteiger partial charge in [-0.25, -0.2) is 0 Å². The molecule has 1 amide bonds. The van der Waals surface area contributed by atoms with Crippen LogP contribution in [0.4, 0.5) is 0 Å². The van der Waals surface area contributed by atoms with Gasteiger partial charge >= 0.3 is 0 Å². The van der Waals surface area contributed by atoms with Gasteiger partial charge in [0.1, 0.15) is 5.75 Å². The first-order valence-electron chi connectivity index (χ1n) is 9.44. The van der Waals surface area contributed by atoms with Gasteiger partial charge in [-0.2, -0.15) is 0 Å². The van der Waals surface area contributed by atoms with Crippen LogP contribution in [0.2, 0.25) is 0 Å². The highest BCUT2D eigenvalue weighted by Crippen LogP contribution is 2.44. The number of hydrogen-bond donors (Lipinski definition) is 1. The molecule has 25 heavy (non-hydrogen) atoms. The first-order valence-corrected chi connectivity index (χ1v) is 9.44. The standard InChI is InChI=1S/C20H28N2O3/c1-14-2-4-17-15(10-14)3-5-18(25-17)19(23)22-12-16(11-21)20(13-22)6-8-24-9-7-20/h2,4,10,16,18H,3,5-9,11-13,21H2,1H3. The second-order valence-electron chi connectivity index (χ2n) is 7.88. The number of benzene rings is 1. The maximum Gasteiger partial charge on any atom is 0.263 e. The average Bonchev–Trinajstić information content (AvgIpc) is 2.99. The van der Waals surface area contributed by atoms with Crippen LogP contribution < -0.4 is 10.5 Å². The fraction of sp³-hybridized carbons (Fsp3) is 0.650. The van der Waals surface area contributed by atoms with Gasteiger partial charge in [-0.1, -0.05) is 17.7 Å². The zero-order valence-corrected chi connectivity index (χ0v) is 15.0. The third-order valence-corrected chi connectivity index (χ3v) is 6.33. The Balaban J connectivity index is 1.47. The van der Waals surface area contributed by atoms with Crippen molar-refractivity contribution < 1.29 is 14.3 Å². The molecule has 0 bridgehead atoms. The van der Waals surface area contributed by atoms with E-state index in [0.29, 0.717) is 12.5 Å². The third-order valence-electron chi connectivity index (χ3n) is 6.33. The van der Waals surface area contributed by atoms with Crippen molar-refractivity contribution in [1.29, 1.82) is 0 Å². The monoisotopic (exact) mass is 344 g/mol. The van der Waals surface area contributed by atoms with Gasteiger partial charge in [0.15, 0.2) is 6.10 Å². The smallest absolute Gasteiger partial charge is 0.263 e. The van der Waals surface area contributed by atoms with Gasteiger partial charge in [0.25, 0.3) is 5.91 Å². The Labute approximate surface area is 149 Å². The number of nitrogens with two attached hydrogens (primary N) is 1. The van der Waals surface area contributed by atoms with Crippen LogP contribution in [0.25, 0.3) is 0 Å². The van der Waals surface area contributed by atoms with Crippen LogP contribution in [-0.4, -0.2) is 49.8 Å². The van der Waals surface area contributed by atoms with Crippen molar-refractivity contribution in [1.82, 2.24) is 4.90 Å². The molecule has 5 heteroatoms. The number of ether oxygens (including phenoxy) is 2. The SMILES string of the molecule is Cc1ccc2c(c1)CCC(C(=O)N1CC(CN)C3(CCOCC3)C1)O2. The molecule has 3 aliphatic rings. The molecule has 2 atom stereocenters. The van der Waals surface area contributed by atoms with Crippen molar-refractivity contribution in [2.75, 3.05) is 32.8 Å². The summed E-state index contributed by atoms with van der Waals surface area (Å²) in [5, 5.41) is 0. The van der Waals surface area contributed by atoms with E-state index in [-0.39, 0.29) is 17.4 Å².